The second kappa shape index (κ2) is 28.3. The average Bonchev–Trinajstić information content (AvgIpc) is 1.37. The summed E-state index contributed by atoms with van der Waals surface area (Å²) in [5.74, 6) is -6.98. The molecular weight excluding hydrogens is 1240 g/mol. The van der Waals surface area contributed by atoms with Crippen molar-refractivity contribution >= 4 is 71.2 Å². The highest BCUT2D eigenvalue weighted by atomic mass is 19.1. The van der Waals surface area contributed by atoms with Gasteiger partial charge in [-0.15, -0.1) is 0 Å². The Hall–Kier alpha value is -7.87. The number of nitro benzene ring substituents is 1. The highest BCUT2D eigenvalue weighted by molar-refractivity contribution is 6.52. The van der Waals surface area contributed by atoms with Gasteiger partial charge in [0.05, 0.1) is 22.7 Å². The van der Waals surface area contributed by atoms with Gasteiger partial charge in [0.1, 0.15) is 17.8 Å². The predicted octanol–water partition coefficient (Wildman–Crippen LogP) is 8.48. The van der Waals surface area contributed by atoms with Crippen LogP contribution in [0.1, 0.15) is 122 Å². The second-order valence-corrected chi connectivity index (χ2v) is 28.1. The summed E-state index contributed by atoms with van der Waals surface area (Å²) >= 11 is 0. The van der Waals surface area contributed by atoms with Crippen molar-refractivity contribution < 1.29 is 92.8 Å². The van der Waals surface area contributed by atoms with Gasteiger partial charge in [-0.3, -0.25) is 38.9 Å². The van der Waals surface area contributed by atoms with E-state index in [0.29, 0.717) is 68.2 Å². The van der Waals surface area contributed by atoms with Crippen LogP contribution in [0.5, 0.6) is 0 Å². The molecule has 6 saturated carbocycles. The molecule has 11 N–H and O–H groups in total. The van der Waals surface area contributed by atoms with Gasteiger partial charge in [-0.2, -0.15) is 0 Å². The largest absolute Gasteiger partial charge is 0.481 e. The summed E-state index contributed by atoms with van der Waals surface area (Å²) in [5, 5.41) is 94.8. The summed E-state index contributed by atoms with van der Waals surface area (Å²) < 4.78 is 39.4. The first kappa shape index (κ1) is 73.9. The molecule has 0 amide bonds. The molecule has 0 heterocycles. The summed E-state index contributed by atoms with van der Waals surface area (Å²) in [6, 6.07) is 20.5. The van der Waals surface area contributed by atoms with Crippen LogP contribution in [0.2, 0.25) is 6.82 Å². The van der Waals surface area contributed by atoms with Crippen LogP contribution in [-0.4, -0.2) is 142 Å². The molecule has 24 heteroatoms. The Labute approximate surface area is 556 Å². The number of para-hydroxylation sites is 3. The molecule has 21 nitrogen and oxygen atoms in total. The number of nitrogens with zero attached hydrogens (tertiary/aromatic N) is 1. The number of nitrogen functional groups attached to an aromatic ring is 1. The molecule has 0 spiro atoms. The molecule has 0 aromatic heterocycles. The van der Waals surface area contributed by atoms with Gasteiger partial charge in [0.25, 0.3) is 5.69 Å². The number of carboxylic acid groups (broad SMARTS) is 2. The van der Waals surface area contributed by atoms with Gasteiger partial charge in [0.15, 0.2) is 35.3 Å². The number of ether oxygens (including phenoxy) is 1. The van der Waals surface area contributed by atoms with Gasteiger partial charge >= 0.3 is 25.0 Å². The van der Waals surface area contributed by atoms with Gasteiger partial charge in [-0.1, -0.05) is 99.5 Å². The maximum absolute atomic E-state index is 17.3. The van der Waals surface area contributed by atoms with E-state index in [1.165, 1.54) is 48.6 Å². The number of aliphatic hydroxyl groups excluding tert-OH is 3. The number of esters is 1. The number of anilines is 2. The van der Waals surface area contributed by atoms with E-state index in [0.717, 1.165) is 22.9 Å². The number of fused-ring (bicyclic) bond motifs is 10. The molecular formula is C72H88BF2N3O18. The van der Waals surface area contributed by atoms with E-state index in [4.69, 9.17) is 20.7 Å². The third-order valence-corrected chi connectivity index (χ3v) is 23.0. The van der Waals surface area contributed by atoms with Crippen molar-refractivity contribution in [2.45, 2.75) is 160 Å². The number of nitro groups is 1. The van der Waals surface area contributed by atoms with Crippen molar-refractivity contribution in [3.8, 4) is 0 Å². The van der Waals surface area contributed by atoms with E-state index >= 15 is 8.78 Å². The Kier molecular flexibility index (Phi) is 21.8. The number of hydrogen-bond donors (Lipinski definition) is 10. The lowest BCUT2D eigenvalue weighted by atomic mass is 9.44. The van der Waals surface area contributed by atoms with Crippen LogP contribution in [0.15, 0.2) is 126 Å². The first-order chi connectivity index (χ1) is 44.9. The lowest BCUT2D eigenvalue weighted by molar-refractivity contribution is -0.385. The number of aryl methyl sites for hydroxylation is 2. The van der Waals surface area contributed by atoms with E-state index in [1.54, 1.807) is 78.7 Å². The molecule has 16 atom stereocenters. The summed E-state index contributed by atoms with van der Waals surface area (Å²) in [6.07, 6.45) is 11.6. The van der Waals surface area contributed by atoms with Crippen LogP contribution < -0.4 is 11.0 Å². The van der Waals surface area contributed by atoms with Gasteiger partial charge in [-0.25, -0.2) is 13.6 Å². The fourth-order valence-electron chi connectivity index (χ4n) is 18.0. The van der Waals surface area contributed by atoms with E-state index in [2.05, 4.69) is 5.23 Å². The van der Waals surface area contributed by atoms with Crippen molar-refractivity contribution in [2.24, 2.45) is 57.2 Å². The maximum Gasteiger partial charge on any atom is 0.406 e. The van der Waals surface area contributed by atoms with Crippen molar-refractivity contribution in [1.82, 2.24) is 0 Å². The molecule has 96 heavy (non-hydrogen) atoms. The van der Waals surface area contributed by atoms with E-state index in [1.807, 2.05) is 36.4 Å². The highest BCUT2D eigenvalue weighted by Crippen LogP contribution is 2.72. The van der Waals surface area contributed by atoms with Crippen molar-refractivity contribution in [3.63, 3.8) is 0 Å². The summed E-state index contributed by atoms with van der Waals surface area (Å²) in [6.45, 7) is 10.8. The number of ketones is 4. The Balaban J connectivity index is 0.000000179. The van der Waals surface area contributed by atoms with E-state index in [-0.39, 0.29) is 60.3 Å². The Bertz CT molecular complexity index is 3710. The lowest BCUT2D eigenvalue weighted by Crippen LogP contribution is -2.69. The number of hydrogen-bond acceptors (Lipinski definition) is 18. The van der Waals surface area contributed by atoms with Gasteiger partial charge in [0, 0.05) is 69.9 Å². The third-order valence-electron chi connectivity index (χ3n) is 23.0. The predicted molar refractivity (Wildman–Crippen MR) is 353 cm³/mol. The number of nitrogens with one attached hydrogen (secondary N) is 1. The van der Waals surface area contributed by atoms with Crippen LogP contribution in [0.3, 0.4) is 0 Å². The SMILES string of the molecule is CB(O)Nc1ccccc1CCC(=O)O.C[C@@H]1CC2C3CCC4=CC(=O)C=C[C@]4(C)[C@@]3(F)[C@@H](O)C[C@]2(C)[C@@]1(O)C(=O)CO.C[C@@H]1CC2C3CCC4=CC(=O)C=C[C@]4(C)[C@@]3(F)[C@@H](O)C[C@]2(C)[C@@]1(O)C(=O)COC(=O)CCc1ccccc1N.O=C(O)/C=C\c1ccccc1[N+](=O)[O-]. The minimum absolute atomic E-state index is 0.0327. The number of aliphatic carboxylic acids is 2. The number of rotatable bonds is 16. The number of nitrogens with two attached hydrogens (primary N) is 1. The van der Waals surface area contributed by atoms with Crippen LogP contribution in [0.25, 0.3) is 6.08 Å². The number of halogens is 2. The fraction of sp³-hybridized carbons (Fsp3) is 0.514. The number of carbonyl (C=O) groups is 7. The molecule has 0 bridgehead atoms. The maximum atomic E-state index is 17.3. The first-order valence-electron chi connectivity index (χ1n) is 32.6. The monoisotopic (exact) mass is 1330 g/mol. The summed E-state index contributed by atoms with van der Waals surface area (Å²) in [7, 11) is -0.643. The number of carbonyl (C=O) groups excluding carboxylic acids is 5. The molecule has 0 saturated heterocycles. The van der Waals surface area contributed by atoms with E-state index < -0.39 is 135 Å². The molecule has 4 unspecified atom stereocenters. The Morgan fingerprint density at radius 2 is 1.19 bits per heavy atom. The number of benzene rings is 3. The Morgan fingerprint density at radius 1 is 0.719 bits per heavy atom. The molecule has 0 radical (unpaired) electrons. The summed E-state index contributed by atoms with van der Waals surface area (Å²) in [4.78, 5) is 93.0. The summed E-state index contributed by atoms with van der Waals surface area (Å²) in [5.41, 5.74) is -1.51. The van der Waals surface area contributed by atoms with Crippen molar-refractivity contribution in [2.75, 3.05) is 24.2 Å². The zero-order valence-corrected chi connectivity index (χ0v) is 55.1. The van der Waals surface area contributed by atoms with Crippen LogP contribution in [0, 0.1) is 67.3 Å². The molecule has 6 fully saturated rings. The van der Waals surface area contributed by atoms with Crippen LogP contribution in [-0.2, 0) is 51.1 Å². The smallest absolute Gasteiger partial charge is 0.406 e. The van der Waals surface area contributed by atoms with Crippen molar-refractivity contribution in [1.29, 1.82) is 0 Å². The third kappa shape index (κ3) is 13.0. The van der Waals surface area contributed by atoms with Gasteiger partial charge < -0.3 is 56.5 Å². The number of Topliss-reactive ketones (excluding diaryl/α,β-unsaturated/α-hetero) is 2. The topological polar surface area (TPSA) is 372 Å². The van der Waals surface area contributed by atoms with Gasteiger partial charge in [-0.05, 0) is 168 Å². The van der Waals surface area contributed by atoms with Crippen LogP contribution in [0.4, 0.5) is 25.8 Å². The standard InChI is InChI=1S/C31H38FNO6.C22H29FO5.C10H14BNO3.C9H7NO4/c1-18-14-23-22-10-9-20-15-21(34)12-13-28(20,2)30(22,32)25(35)16-29(23,3)31(18,38)26(36)17-39-27(37)11-8-19-6-4-5-7-24(19)33;1-12-8-16-15-5-4-13-9-14(25)6-7-19(13,2)21(15,23)17(26)10-20(16,3)22(12,28)18(27)11-24;1-11(15)12-9-5-3-2-4-8(9)6-7-10(13)14;11-9(12)6-5-7-3-1-2-4-8(7)10(13)14/h4-7,12-13,15,18,22-23,25,35,38H,8-11,14,16-17,33H2,1-3H3;6-7,9,12,15-17,24,26,28H,4-5,8,10-11H2,1-3H3;2-5,12,15H,6-7H2,1H3,(H,13,14);1-6H,(H,11,12)/b;;;6-5-/t18-,22?,23?,25+,28+,29+,30+,31+;12-,15?,16?,17+,19+,20+,21+,22+;;/m11../s1. The van der Waals surface area contributed by atoms with Crippen molar-refractivity contribution in [3.05, 3.63) is 153 Å². The lowest BCUT2D eigenvalue weighted by Gasteiger charge is -2.62. The van der Waals surface area contributed by atoms with E-state index in [9.17, 15) is 74.2 Å². The molecule has 3 aromatic rings. The molecule has 516 valence electrons. The minimum atomic E-state index is -2.04. The zero-order chi connectivity index (χ0) is 70.9. The zero-order valence-electron chi connectivity index (χ0n) is 55.1. The molecule has 3 aromatic carbocycles. The number of alkyl halides is 2. The molecule has 8 aliphatic rings. The highest BCUT2D eigenvalue weighted by Gasteiger charge is 2.77. The first-order valence-corrected chi connectivity index (χ1v) is 32.6. The normalized spacial score (nSPS) is 34.9. The van der Waals surface area contributed by atoms with Crippen LogP contribution >= 0.6 is 0 Å². The molecule has 0 aliphatic heterocycles. The van der Waals surface area contributed by atoms with Gasteiger partial charge in [0.2, 0.25) is 5.78 Å². The average molecular weight is 1330 g/mol. The number of carboxylic acids is 2. The number of allylic oxidation sites excluding steroid dienone is 8. The number of aliphatic hydroxyl groups is 5. The Morgan fingerprint density at radius 3 is 1.67 bits per heavy atom. The fourth-order valence-corrected chi connectivity index (χ4v) is 18.0. The molecule has 11 rings (SSSR count). The molecule has 8 aliphatic carbocycles. The quantitative estimate of drug-likeness (QED) is 0.0160. The minimum Gasteiger partial charge on any atom is -0.481 e. The second-order valence-electron chi connectivity index (χ2n) is 28.1.